The Labute approximate surface area is 304 Å². The largest absolute Gasteiger partial charge is 0.465 e. The van der Waals surface area contributed by atoms with E-state index < -0.39 is 25.2 Å². The van der Waals surface area contributed by atoms with Gasteiger partial charge in [0.25, 0.3) is 11.8 Å². The highest BCUT2D eigenvalue weighted by Gasteiger charge is 2.47. The van der Waals surface area contributed by atoms with Crippen LogP contribution in [0.2, 0.25) is 0 Å². The van der Waals surface area contributed by atoms with Gasteiger partial charge in [-0.15, -0.1) is 0 Å². The van der Waals surface area contributed by atoms with Crippen LogP contribution in [0.4, 0.5) is 0 Å². The van der Waals surface area contributed by atoms with Gasteiger partial charge >= 0.3 is 0 Å². The van der Waals surface area contributed by atoms with Gasteiger partial charge in [0.15, 0.2) is 25.2 Å². The van der Waals surface area contributed by atoms with E-state index in [0.717, 1.165) is 77.0 Å². The van der Waals surface area contributed by atoms with Crippen molar-refractivity contribution in [2.24, 2.45) is 0 Å². The highest BCUT2D eigenvalue weighted by molar-refractivity contribution is 6.30. The molecule has 4 fully saturated rings. The second-order valence-corrected chi connectivity index (χ2v) is 14.2. The molecule has 0 N–H and O–H groups in total. The maximum atomic E-state index is 14.3. The number of hydrogen-bond donors (Lipinski definition) is 0. The molecule has 4 unspecified atom stereocenters. The standard InChI is InChI=1S/C40H48N2O10/c1-41-37(25-19-27(49-31-11-3-7-15-45-31)23-28(20-25)50-32-12-4-8-16-46-32)35-36(39(41)43)38(42(2)40(35)44)26-21-29(51-33-13-5-9-17-47-33)24-30(22-26)52-34-14-6-10-18-48-34/h19-24,31-34H,3-18H2,1-2H3. The lowest BCUT2D eigenvalue weighted by atomic mass is 10.0. The molecule has 4 atom stereocenters. The molecular formula is C40H48N2O10. The molecule has 6 aliphatic heterocycles. The Morgan fingerprint density at radius 2 is 0.750 bits per heavy atom. The number of amides is 2. The Bertz CT molecular complexity index is 1510. The zero-order valence-corrected chi connectivity index (χ0v) is 30.1. The van der Waals surface area contributed by atoms with E-state index in [-0.39, 0.29) is 11.8 Å². The summed E-state index contributed by atoms with van der Waals surface area (Å²) in [6.07, 6.45) is 9.51. The average Bonchev–Trinajstić information content (AvgIpc) is 3.57. The molecule has 6 aliphatic rings. The van der Waals surface area contributed by atoms with Gasteiger partial charge in [0.05, 0.1) is 49.0 Å². The second kappa shape index (κ2) is 15.5. The third-order valence-electron chi connectivity index (χ3n) is 10.4. The molecule has 6 heterocycles. The lowest BCUT2D eigenvalue weighted by Crippen LogP contribution is -2.27. The lowest BCUT2D eigenvalue weighted by Gasteiger charge is -2.27. The van der Waals surface area contributed by atoms with Crippen LogP contribution in [0.25, 0.3) is 11.4 Å². The number of nitrogens with zero attached hydrogens (tertiary/aromatic N) is 2. The van der Waals surface area contributed by atoms with Crippen molar-refractivity contribution in [3.8, 4) is 23.0 Å². The monoisotopic (exact) mass is 716 g/mol. The highest BCUT2D eigenvalue weighted by Crippen LogP contribution is 2.47. The third kappa shape index (κ3) is 7.39. The van der Waals surface area contributed by atoms with E-state index >= 15 is 0 Å². The van der Waals surface area contributed by atoms with E-state index in [0.29, 0.717) is 83.1 Å². The number of likely N-dealkylation sites (N-methyl/N-ethyl adjacent to an activating group) is 2. The van der Waals surface area contributed by atoms with Gasteiger partial charge in [0, 0.05) is 63.0 Å². The predicted octanol–water partition coefficient (Wildman–Crippen LogP) is 6.37. The summed E-state index contributed by atoms with van der Waals surface area (Å²) in [6, 6.07) is 11.0. The quantitative estimate of drug-likeness (QED) is 0.275. The number of benzene rings is 2. The summed E-state index contributed by atoms with van der Waals surface area (Å²) in [6.45, 7) is 2.53. The molecule has 0 radical (unpaired) electrons. The molecule has 2 aromatic carbocycles. The molecule has 2 aromatic rings. The van der Waals surface area contributed by atoms with Gasteiger partial charge in [-0.2, -0.15) is 0 Å². The SMILES string of the molecule is CN1C(=O)C2=C(c3cc(OC4CCCCO4)cc(OC4CCCCO4)c3)N(C)C(=O)C2=C1c1cc(OC2CCCCO2)cc(OC2CCCCO2)c1. The molecule has 0 spiro atoms. The van der Waals surface area contributed by atoms with Gasteiger partial charge < -0.3 is 47.7 Å². The van der Waals surface area contributed by atoms with Crippen LogP contribution in [-0.4, -0.2) is 87.3 Å². The van der Waals surface area contributed by atoms with E-state index in [2.05, 4.69) is 0 Å². The predicted molar refractivity (Wildman–Crippen MR) is 189 cm³/mol. The summed E-state index contributed by atoms with van der Waals surface area (Å²) in [5, 5.41) is 0. The zero-order chi connectivity index (χ0) is 35.6. The number of rotatable bonds is 10. The van der Waals surface area contributed by atoms with Crippen LogP contribution >= 0.6 is 0 Å². The van der Waals surface area contributed by atoms with Crippen LogP contribution in [0.5, 0.6) is 23.0 Å². The van der Waals surface area contributed by atoms with Crippen LogP contribution < -0.4 is 18.9 Å². The highest BCUT2D eigenvalue weighted by atomic mass is 16.7. The van der Waals surface area contributed by atoms with Crippen molar-refractivity contribution < 1.29 is 47.5 Å². The summed E-state index contributed by atoms with van der Waals surface area (Å²) in [4.78, 5) is 31.7. The number of hydrogen-bond acceptors (Lipinski definition) is 10. The normalized spacial score (nSPS) is 26.9. The van der Waals surface area contributed by atoms with E-state index in [1.54, 1.807) is 14.1 Å². The topological polar surface area (TPSA) is 114 Å². The Morgan fingerprint density at radius 1 is 0.462 bits per heavy atom. The summed E-state index contributed by atoms with van der Waals surface area (Å²) in [5.74, 6) is 1.53. The van der Waals surface area contributed by atoms with Crippen molar-refractivity contribution in [2.45, 2.75) is 102 Å². The van der Waals surface area contributed by atoms with Gasteiger partial charge in [-0.3, -0.25) is 9.59 Å². The molecule has 12 heteroatoms. The fourth-order valence-corrected chi connectivity index (χ4v) is 7.72. The van der Waals surface area contributed by atoms with Gasteiger partial charge in [-0.05, 0) is 75.6 Å². The van der Waals surface area contributed by atoms with Crippen molar-refractivity contribution in [3.05, 3.63) is 58.7 Å². The molecule has 0 bridgehead atoms. The van der Waals surface area contributed by atoms with Crippen molar-refractivity contribution >= 4 is 23.2 Å². The first-order valence-electron chi connectivity index (χ1n) is 18.9. The van der Waals surface area contributed by atoms with Crippen molar-refractivity contribution in [3.63, 3.8) is 0 Å². The molecule has 278 valence electrons. The summed E-state index contributed by atoms with van der Waals surface area (Å²) >= 11 is 0. The molecule has 2 amide bonds. The fraction of sp³-hybridized carbons (Fsp3) is 0.550. The van der Waals surface area contributed by atoms with Crippen LogP contribution in [0.3, 0.4) is 0 Å². The minimum absolute atomic E-state index is 0.294. The number of ether oxygens (including phenoxy) is 8. The van der Waals surface area contributed by atoms with E-state index in [9.17, 15) is 9.59 Å². The van der Waals surface area contributed by atoms with Crippen LogP contribution in [-0.2, 0) is 28.5 Å². The van der Waals surface area contributed by atoms with Crippen LogP contribution in [0, 0.1) is 0 Å². The molecular weight excluding hydrogens is 668 g/mol. The molecule has 12 nitrogen and oxygen atoms in total. The first-order valence-corrected chi connectivity index (χ1v) is 18.9. The smallest absolute Gasteiger partial charge is 0.261 e. The van der Waals surface area contributed by atoms with Crippen LogP contribution in [0.1, 0.15) is 88.2 Å². The Hall–Kier alpha value is -4.10. The van der Waals surface area contributed by atoms with Crippen LogP contribution in [0.15, 0.2) is 47.5 Å². The molecule has 0 aliphatic carbocycles. The maximum Gasteiger partial charge on any atom is 0.261 e. The van der Waals surface area contributed by atoms with Crippen molar-refractivity contribution in [1.29, 1.82) is 0 Å². The molecule has 52 heavy (non-hydrogen) atoms. The second-order valence-electron chi connectivity index (χ2n) is 14.2. The van der Waals surface area contributed by atoms with E-state index in [1.807, 2.05) is 36.4 Å². The first kappa shape index (κ1) is 35.0. The lowest BCUT2D eigenvalue weighted by molar-refractivity contribution is -0.123. The Balaban J connectivity index is 1.20. The number of carbonyl (C=O) groups excluding carboxylic acids is 2. The van der Waals surface area contributed by atoms with Gasteiger partial charge in [0.2, 0.25) is 0 Å². The number of carbonyl (C=O) groups is 2. The molecule has 4 saturated heterocycles. The van der Waals surface area contributed by atoms with E-state index in [1.165, 1.54) is 9.80 Å². The number of fused-ring (bicyclic) bond motifs is 1. The third-order valence-corrected chi connectivity index (χ3v) is 10.4. The van der Waals surface area contributed by atoms with Crippen molar-refractivity contribution in [2.75, 3.05) is 40.5 Å². The Kier molecular flexibility index (Phi) is 10.4. The minimum Gasteiger partial charge on any atom is -0.465 e. The van der Waals surface area contributed by atoms with Crippen molar-refractivity contribution in [1.82, 2.24) is 9.80 Å². The minimum atomic E-state index is -0.395. The maximum absolute atomic E-state index is 14.3. The molecule has 8 rings (SSSR count). The van der Waals surface area contributed by atoms with Gasteiger partial charge in [0.1, 0.15) is 23.0 Å². The Morgan fingerprint density at radius 3 is 1.00 bits per heavy atom. The zero-order valence-electron chi connectivity index (χ0n) is 30.1. The molecule has 0 aromatic heterocycles. The summed E-state index contributed by atoms with van der Waals surface area (Å²) in [5.41, 5.74) is 2.82. The first-order chi connectivity index (χ1) is 25.4. The average molecular weight is 717 g/mol. The fourth-order valence-electron chi connectivity index (χ4n) is 7.72. The van der Waals surface area contributed by atoms with Gasteiger partial charge in [-0.1, -0.05) is 0 Å². The summed E-state index contributed by atoms with van der Waals surface area (Å²) in [7, 11) is 3.39. The summed E-state index contributed by atoms with van der Waals surface area (Å²) < 4.78 is 48.8. The van der Waals surface area contributed by atoms with Gasteiger partial charge in [-0.25, -0.2) is 0 Å². The van der Waals surface area contributed by atoms with E-state index in [4.69, 9.17) is 37.9 Å². The molecule has 0 saturated carbocycles.